The molecule has 2 aromatic carbocycles. The third-order valence-corrected chi connectivity index (χ3v) is 5.87. The molecule has 2 N–H and O–H groups in total. The van der Waals surface area contributed by atoms with Crippen molar-refractivity contribution >= 4 is 34.9 Å². The summed E-state index contributed by atoms with van der Waals surface area (Å²) in [6, 6.07) is 15.0. The van der Waals surface area contributed by atoms with Crippen molar-refractivity contribution in [2.45, 2.75) is 66.4 Å². The monoisotopic (exact) mass is 620 g/mol. The molecule has 1 amide bonds. The minimum absolute atomic E-state index is 0.214. The molecule has 0 saturated carbocycles. The molecule has 0 bridgehead atoms. The van der Waals surface area contributed by atoms with Gasteiger partial charge in [-0.2, -0.15) is 4.98 Å². The van der Waals surface area contributed by atoms with Crippen molar-refractivity contribution in [3.05, 3.63) is 61.1 Å². The van der Waals surface area contributed by atoms with E-state index in [0.29, 0.717) is 74.2 Å². The molecule has 0 aliphatic heterocycles. The van der Waals surface area contributed by atoms with Crippen LogP contribution in [0.3, 0.4) is 0 Å². The number of esters is 1. The molecule has 45 heavy (non-hydrogen) atoms. The third-order valence-electron chi connectivity index (χ3n) is 5.87. The van der Waals surface area contributed by atoms with Crippen LogP contribution in [0.15, 0.2) is 61.1 Å². The second-order valence-electron chi connectivity index (χ2n) is 10.5. The summed E-state index contributed by atoms with van der Waals surface area (Å²) in [5.41, 5.74) is 2.46. The Hall–Kier alpha value is -4.87. The Morgan fingerprint density at radius 1 is 0.889 bits per heavy atom. The molecule has 4 rings (SSSR count). The molecule has 2 heterocycles. The van der Waals surface area contributed by atoms with E-state index in [0.717, 1.165) is 11.4 Å². The van der Waals surface area contributed by atoms with Gasteiger partial charge in [-0.25, -0.2) is 14.8 Å². The largest absolute Gasteiger partial charge is 0.494 e. The van der Waals surface area contributed by atoms with E-state index in [1.165, 1.54) is 0 Å². The number of nitrogens with zero attached hydrogens (tertiary/aromatic N) is 4. The van der Waals surface area contributed by atoms with Gasteiger partial charge in [0.2, 0.25) is 5.95 Å². The van der Waals surface area contributed by atoms with Gasteiger partial charge in [-0.3, -0.25) is 9.36 Å². The van der Waals surface area contributed by atoms with Crippen LogP contribution in [0.1, 0.15) is 60.8 Å². The lowest BCUT2D eigenvalue weighted by atomic mass is 10.2. The predicted octanol–water partition coefficient (Wildman–Crippen LogP) is 6.60. The van der Waals surface area contributed by atoms with Crippen LogP contribution < -0.4 is 20.1 Å². The van der Waals surface area contributed by atoms with Gasteiger partial charge in [-0.15, -0.1) is 0 Å². The van der Waals surface area contributed by atoms with Crippen LogP contribution in [-0.4, -0.2) is 63.5 Å². The summed E-state index contributed by atoms with van der Waals surface area (Å²) >= 11 is 0. The zero-order valence-electron chi connectivity index (χ0n) is 27.0. The minimum Gasteiger partial charge on any atom is -0.494 e. The number of benzene rings is 2. The maximum atomic E-state index is 11.7. The fraction of sp³-hybridized carbons (Fsp3) is 0.424. The maximum Gasteiger partial charge on any atom is 0.407 e. The van der Waals surface area contributed by atoms with Crippen molar-refractivity contribution in [2.24, 2.45) is 0 Å². The van der Waals surface area contributed by atoms with Crippen LogP contribution in [-0.2, 0) is 14.3 Å². The third kappa shape index (κ3) is 11.6. The topological polar surface area (TPSA) is 139 Å². The smallest absolute Gasteiger partial charge is 0.407 e. The van der Waals surface area contributed by atoms with Crippen molar-refractivity contribution in [1.82, 2.24) is 24.8 Å². The number of hydrogen-bond acceptors (Lipinski definition) is 10. The molecule has 12 heteroatoms. The second kappa shape index (κ2) is 17.4. The molecular weight excluding hydrogens is 576 g/mol. The molecule has 0 saturated heterocycles. The first-order valence-electron chi connectivity index (χ1n) is 15.3. The van der Waals surface area contributed by atoms with Gasteiger partial charge in [-0.05, 0) is 89.1 Å². The van der Waals surface area contributed by atoms with E-state index in [1.54, 1.807) is 19.4 Å². The van der Waals surface area contributed by atoms with E-state index in [-0.39, 0.29) is 5.97 Å². The van der Waals surface area contributed by atoms with Crippen LogP contribution in [0.2, 0.25) is 0 Å². The number of carbonyl (C=O) groups excluding carboxylic acids is 2. The van der Waals surface area contributed by atoms with Gasteiger partial charge in [-0.1, -0.05) is 13.8 Å². The van der Waals surface area contributed by atoms with Gasteiger partial charge in [0, 0.05) is 24.3 Å². The van der Waals surface area contributed by atoms with Crippen LogP contribution in [0.4, 0.5) is 16.4 Å². The Labute approximate surface area is 264 Å². The molecule has 0 spiro atoms. The first-order chi connectivity index (χ1) is 21.7. The number of imidazole rings is 1. The Morgan fingerprint density at radius 2 is 1.53 bits per heavy atom. The second-order valence-corrected chi connectivity index (χ2v) is 10.5. The van der Waals surface area contributed by atoms with E-state index in [1.807, 2.05) is 87.7 Å². The molecule has 12 nitrogen and oxygen atoms in total. The average molecular weight is 621 g/mol. The highest BCUT2D eigenvalue weighted by Gasteiger charge is 2.15. The fourth-order valence-electron chi connectivity index (χ4n) is 3.93. The van der Waals surface area contributed by atoms with Gasteiger partial charge >= 0.3 is 12.1 Å². The first-order valence-corrected chi connectivity index (χ1v) is 15.3. The van der Waals surface area contributed by atoms with Gasteiger partial charge in [0.25, 0.3) is 0 Å². The normalized spacial score (nSPS) is 10.8. The first kappa shape index (κ1) is 34.6. The molecule has 0 unspecified atom stereocenters. The lowest BCUT2D eigenvalue weighted by Gasteiger charge is -2.19. The van der Waals surface area contributed by atoms with E-state index in [9.17, 15) is 9.59 Å². The number of aromatic nitrogens is 4. The number of amides is 1. The number of carbonyl (C=O) groups is 2. The van der Waals surface area contributed by atoms with E-state index in [4.69, 9.17) is 18.9 Å². The number of fused-ring (bicyclic) bond motifs is 1. The quantitative estimate of drug-likeness (QED) is 0.117. The van der Waals surface area contributed by atoms with Crippen LogP contribution >= 0.6 is 0 Å². The van der Waals surface area contributed by atoms with E-state index in [2.05, 4.69) is 25.6 Å². The SMILES string of the molecule is CC.CCOC(=O)CCCOc1ccc(-n2cnc3cnc(Nc4ccc(OCCCNC(=O)OC(C)(C)C)cc4)nc32)cc1. The average Bonchev–Trinajstić information content (AvgIpc) is 3.44. The van der Waals surface area contributed by atoms with Crippen LogP contribution in [0.5, 0.6) is 11.5 Å². The van der Waals surface area contributed by atoms with E-state index >= 15 is 0 Å². The summed E-state index contributed by atoms with van der Waals surface area (Å²) in [5.74, 6) is 1.63. The van der Waals surface area contributed by atoms with Gasteiger partial charge in [0.1, 0.15) is 28.9 Å². The molecule has 242 valence electrons. The minimum atomic E-state index is -0.522. The molecule has 0 fully saturated rings. The van der Waals surface area contributed by atoms with Crippen molar-refractivity contribution in [3.63, 3.8) is 0 Å². The number of nitrogens with one attached hydrogen (secondary N) is 2. The highest BCUT2D eigenvalue weighted by molar-refractivity contribution is 5.74. The summed E-state index contributed by atoms with van der Waals surface area (Å²) in [4.78, 5) is 36.6. The summed E-state index contributed by atoms with van der Waals surface area (Å²) in [5, 5.41) is 5.93. The molecule has 0 aliphatic carbocycles. The molecular formula is C33H44N6O6. The molecule has 0 radical (unpaired) electrons. The number of alkyl carbamates (subject to hydrolysis) is 1. The lowest BCUT2D eigenvalue weighted by Crippen LogP contribution is -2.33. The predicted molar refractivity (Wildman–Crippen MR) is 173 cm³/mol. The Balaban J connectivity index is 0.00000271. The van der Waals surface area contributed by atoms with Crippen molar-refractivity contribution < 1.29 is 28.5 Å². The molecule has 2 aromatic heterocycles. The molecule has 4 aromatic rings. The maximum absolute atomic E-state index is 11.7. The van der Waals surface area contributed by atoms with Crippen molar-refractivity contribution in [2.75, 3.05) is 31.7 Å². The fourth-order valence-corrected chi connectivity index (χ4v) is 3.93. The summed E-state index contributed by atoms with van der Waals surface area (Å²) in [6.07, 6.45) is 4.50. The molecule has 0 atom stereocenters. The number of anilines is 2. The number of ether oxygens (including phenoxy) is 4. The number of hydrogen-bond donors (Lipinski definition) is 2. The zero-order chi connectivity index (χ0) is 32.7. The van der Waals surface area contributed by atoms with Crippen molar-refractivity contribution in [3.8, 4) is 17.2 Å². The lowest BCUT2D eigenvalue weighted by molar-refractivity contribution is -0.143. The van der Waals surface area contributed by atoms with Gasteiger partial charge in [0.05, 0.1) is 26.0 Å². The summed E-state index contributed by atoms with van der Waals surface area (Å²) in [6.45, 7) is 13.0. The highest BCUT2D eigenvalue weighted by Crippen LogP contribution is 2.22. The van der Waals surface area contributed by atoms with Gasteiger partial charge in [0.15, 0.2) is 5.65 Å². The summed E-state index contributed by atoms with van der Waals surface area (Å²) in [7, 11) is 0. The standard InChI is InChI=1S/C31H38N6O6.C2H6/c1-5-40-27(38)8-6-18-41-25-15-11-23(12-16-25)37-21-34-26-20-33-29(36-28(26)37)35-22-9-13-24(14-10-22)42-19-7-17-32-30(39)43-31(2,3)4;1-2/h9-16,20-21H,5-8,17-19H2,1-4H3,(H,32,39)(H,33,35,36);1-2H3. The van der Waals surface area contributed by atoms with Gasteiger partial charge < -0.3 is 29.6 Å². The highest BCUT2D eigenvalue weighted by atomic mass is 16.6. The Kier molecular flexibility index (Phi) is 13.4. The van der Waals surface area contributed by atoms with Crippen LogP contribution in [0.25, 0.3) is 16.9 Å². The Morgan fingerprint density at radius 3 is 2.18 bits per heavy atom. The number of rotatable bonds is 14. The molecule has 0 aliphatic rings. The zero-order valence-corrected chi connectivity index (χ0v) is 27.0. The van der Waals surface area contributed by atoms with E-state index < -0.39 is 11.7 Å². The Bertz CT molecular complexity index is 1480. The summed E-state index contributed by atoms with van der Waals surface area (Å²) < 4.78 is 23.5. The van der Waals surface area contributed by atoms with Crippen molar-refractivity contribution in [1.29, 1.82) is 0 Å². The van der Waals surface area contributed by atoms with Crippen LogP contribution in [0, 0.1) is 0 Å².